The van der Waals surface area contributed by atoms with Crippen LogP contribution in [0.15, 0.2) is 0 Å². The Morgan fingerprint density at radius 3 is 2.33 bits per heavy atom. The van der Waals surface area contributed by atoms with E-state index in [1.165, 1.54) is 57.9 Å². The van der Waals surface area contributed by atoms with Gasteiger partial charge < -0.3 is 5.73 Å². The monoisotopic (exact) mass is 294 g/mol. The third-order valence-corrected chi connectivity index (χ3v) is 6.61. The molecular formula is C19H38N2. The Balaban J connectivity index is 2.21. The molecule has 3 unspecified atom stereocenters. The van der Waals surface area contributed by atoms with E-state index in [1.807, 2.05) is 0 Å². The fraction of sp³-hybridized carbons (Fsp3) is 1.00. The fourth-order valence-corrected chi connectivity index (χ4v) is 4.93. The van der Waals surface area contributed by atoms with Gasteiger partial charge in [-0.05, 0) is 50.0 Å². The molecule has 2 aliphatic rings. The largest absolute Gasteiger partial charge is 0.329 e. The van der Waals surface area contributed by atoms with Gasteiger partial charge in [0.15, 0.2) is 0 Å². The number of rotatable bonds is 6. The number of hydrogen-bond acceptors (Lipinski definition) is 2. The van der Waals surface area contributed by atoms with Crippen molar-refractivity contribution in [3.05, 3.63) is 0 Å². The minimum Gasteiger partial charge on any atom is -0.329 e. The maximum absolute atomic E-state index is 6.42. The van der Waals surface area contributed by atoms with Crippen LogP contribution in [0, 0.1) is 17.8 Å². The lowest BCUT2D eigenvalue weighted by Gasteiger charge is -2.55. The Morgan fingerprint density at radius 1 is 1.10 bits per heavy atom. The highest BCUT2D eigenvalue weighted by Crippen LogP contribution is 2.44. The van der Waals surface area contributed by atoms with E-state index in [4.69, 9.17) is 5.73 Å². The van der Waals surface area contributed by atoms with Crippen LogP contribution in [0.3, 0.4) is 0 Å². The Morgan fingerprint density at radius 2 is 1.76 bits per heavy atom. The molecule has 2 rings (SSSR count). The molecule has 0 bridgehead atoms. The minimum atomic E-state index is 0.279. The van der Waals surface area contributed by atoms with Crippen molar-refractivity contribution in [1.29, 1.82) is 0 Å². The molecule has 0 heterocycles. The van der Waals surface area contributed by atoms with Crippen LogP contribution in [0.25, 0.3) is 0 Å². The molecule has 21 heavy (non-hydrogen) atoms. The predicted molar refractivity (Wildman–Crippen MR) is 92.4 cm³/mol. The Bertz CT molecular complexity index is 309. The smallest absolute Gasteiger partial charge is 0.0362 e. The maximum Gasteiger partial charge on any atom is 0.0362 e. The summed E-state index contributed by atoms with van der Waals surface area (Å²) in [6.45, 7) is 11.8. The fourth-order valence-electron chi connectivity index (χ4n) is 4.93. The molecular weight excluding hydrogens is 256 g/mol. The lowest BCUT2D eigenvalue weighted by molar-refractivity contribution is -0.0392. The zero-order valence-corrected chi connectivity index (χ0v) is 14.9. The molecule has 0 spiro atoms. The van der Waals surface area contributed by atoms with Gasteiger partial charge in [0.05, 0.1) is 0 Å². The van der Waals surface area contributed by atoms with Crippen LogP contribution in [-0.2, 0) is 0 Å². The number of nitrogens with two attached hydrogens (primary N) is 1. The second-order valence-corrected chi connectivity index (χ2v) is 8.28. The molecule has 2 saturated carbocycles. The molecule has 0 aliphatic heterocycles. The highest BCUT2D eigenvalue weighted by molar-refractivity contribution is 5.03. The maximum atomic E-state index is 6.42. The molecule has 0 aromatic heterocycles. The summed E-state index contributed by atoms with van der Waals surface area (Å²) in [5.74, 6) is 2.36. The number of nitrogens with zero attached hydrogens (tertiary/aromatic N) is 1. The normalized spacial score (nSPS) is 35.0. The van der Waals surface area contributed by atoms with Crippen LogP contribution in [0.5, 0.6) is 0 Å². The van der Waals surface area contributed by atoms with E-state index >= 15 is 0 Å². The van der Waals surface area contributed by atoms with Crippen LogP contribution < -0.4 is 5.73 Å². The summed E-state index contributed by atoms with van der Waals surface area (Å²) in [5, 5.41) is 0. The molecule has 0 aromatic carbocycles. The molecule has 0 saturated heterocycles. The van der Waals surface area contributed by atoms with Crippen molar-refractivity contribution in [1.82, 2.24) is 4.90 Å². The summed E-state index contributed by atoms with van der Waals surface area (Å²) in [5.41, 5.74) is 6.70. The van der Waals surface area contributed by atoms with Crippen molar-refractivity contribution in [2.45, 2.75) is 90.6 Å². The van der Waals surface area contributed by atoms with Crippen LogP contribution in [-0.4, -0.2) is 29.6 Å². The summed E-state index contributed by atoms with van der Waals surface area (Å²) in [6.07, 6.45) is 11.1. The first-order chi connectivity index (χ1) is 10.0. The van der Waals surface area contributed by atoms with Gasteiger partial charge in [-0.1, -0.05) is 53.4 Å². The minimum absolute atomic E-state index is 0.279. The topological polar surface area (TPSA) is 29.3 Å². The summed E-state index contributed by atoms with van der Waals surface area (Å²) in [7, 11) is 0. The molecule has 2 heteroatoms. The first kappa shape index (κ1) is 17.3. The van der Waals surface area contributed by atoms with E-state index in [1.54, 1.807) is 0 Å². The van der Waals surface area contributed by atoms with Gasteiger partial charge in [-0.15, -0.1) is 0 Å². The quantitative estimate of drug-likeness (QED) is 0.785. The molecule has 0 radical (unpaired) electrons. The lowest BCUT2D eigenvalue weighted by Crippen LogP contribution is -2.63. The SMILES string of the molecule is CC(C)CCN(C1CCCC1)C1(CN)CCCC(C)C1C. The van der Waals surface area contributed by atoms with E-state index in [0.717, 1.165) is 30.3 Å². The Kier molecular flexibility index (Phi) is 6.14. The van der Waals surface area contributed by atoms with E-state index in [9.17, 15) is 0 Å². The van der Waals surface area contributed by atoms with Crippen molar-refractivity contribution in [3.63, 3.8) is 0 Å². The van der Waals surface area contributed by atoms with Crippen molar-refractivity contribution in [3.8, 4) is 0 Å². The average molecular weight is 295 g/mol. The van der Waals surface area contributed by atoms with Gasteiger partial charge in [0.25, 0.3) is 0 Å². The highest BCUT2D eigenvalue weighted by atomic mass is 15.2. The van der Waals surface area contributed by atoms with Crippen LogP contribution in [0.4, 0.5) is 0 Å². The molecule has 2 aliphatic carbocycles. The summed E-state index contributed by atoms with van der Waals surface area (Å²) >= 11 is 0. The molecule has 124 valence electrons. The van der Waals surface area contributed by atoms with Crippen molar-refractivity contribution in [2.75, 3.05) is 13.1 Å². The third kappa shape index (κ3) is 3.64. The number of hydrogen-bond donors (Lipinski definition) is 1. The molecule has 3 atom stereocenters. The van der Waals surface area contributed by atoms with Gasteiger partial charge in [0, 0.05) is 18.1 Å². The van der Waals surface area contributed by atoms with Crippen LogP contribution in [0.2, 0.25) is 0 Å². The average Bonchev–Trinajstić information content (AvgIpc) is 2.97. The molecule has 0 aromatic rings. The zero-order chi connectivity index (χ0) is 15.5. The Hall–Kier alpha value is -0.0800. The molecule has 2 nitrogen and oxygen atoms in total. The predicted octanol–water partition coefficient (Wildman–Crippen LogP) is 4.43. The van der Waals surface area contributed by atoms with Crippen LogP contribution >= 0.6 is 0 Å². The highest BCUT2D eigenvalue weighted by Gasteiger charge is 2.47. The summed E-state index contributed by atoms with van der Waals surface area (Å²) in [4.78, 5) is 2.90. The lowest BCUT2D eigenvalue weighted by atomic mass is 9.66. The van der Waals surface area contributed by atoms with Crippen molar-refractivity contribution < 1.29 is 0 Å². The Labute approximate surface area is 132 Å². The van der Waals surface area contributed by atoms with E-state index < -0.39 is 0 Å². The van der Waals surface area contributed by atoms with E-state index in [2.05, 4.69) is 32.6 Å². The van der Waals surface area contributed by atoms with Gasteiger partial charge in [0.1, 0.15) is 0 Å². The standard InChI is InChI=1S/C19H38N2/c1-15(2)11-13-21(18-9-5-6-10-18)19(14-20)12-7-8-16(3)17(19)4/h15-18H,5-14,20H2,1-4H3. The first-order valence-electron chi connectivity index (χ1n) is 9.48. The van der Waals surface area contributed by atoms with Gasteiger partial charge in [-0.2, -0.15) is 0 Å². The second kappa shape index (κ2) is 7.46. The van der Waals surface area contributed by atoms with E-state index in [0.29, 0.717) is 0 Å². The zero-order valence-electron chi connectivity index (χ0n) is 14.9. The van der Waals surface area contributed by atoms with Crippen LogP contribution in [0.1, 0.15) is 79.1 Å². The summed E-state index contributed by atoms with van der Waals surface area (Å²) in [6, 6.07) is 0.806. The summed E-state index contributed by atoms with van der Waals surface area (Å²) < 4.78 is 0. The van der Waals surface area contributed by atoms with Gasteiger partial charge >= 0.3 is 0 Å². The third-order valence-electron chi connectivity index (χ3n) is 6.61. The van der Waals surface area contributed by atoms with Gasteiger partial charge in [-0.3, -0.25) is 4.90 Å². The molecule has 2 N–H and O–H groups in total. The van der Waals surface area contributed by atoms with Gasteiger partial charge in [0.2, 0.25) is 0 Å². The van der Waals surface area contributed by atoms with Crippen molar-refractivity contribution >= 4 is 0 Å². The van der Waals surface area contributed by atoms with Crippen molar-refractivity contribution in [2.24, 2.45) is 23.5 Å². The molecule has 2 fully saturated rings. The molecule has 0 amide bonds. The second-order valence-electron chi connectivity index (χ2n) is 8.28. The van der Waals surface area contributed by atoms with Gasteiger partial charge in [-0.25, -0.2) is 0 Å². The first-order valence-corrected chi connectivity index (χ1v) is 9.48. The van der Waals surface area contributed by atoms with E-state index in [-0.39, 0.29) is 5.54 Å².